The van der Waals surface area contributed by atoms with Crippen molar-refractivity contribution in [3.05, 3.63) is 65.0 Å². The van der Waals surface area contributed by atoms with Gasteiger partial charge in [-0.3, -0.25) is 14.3 Å². The minimum Gasteiger partial charge on any atom is -0.463 e. The summed E-state index contributed by atoms with van der Waals surface area (Å²) in [6.07, 6.45) is 1.57. The van der Waals surface area contributed by atoms with E-state index in [1.165, 1.54) is 0 Å². The van der Waals surface area contributed by atoms with Gasteiger partial charge in [0, 0.05) is 24.8 Å². The number of benzene rings is 1. The van der Waals surface area contributed by atoms with E-state index in [1.807, 2.05) is 27.7 Å². The topological polar surface area (TPSA) is 102 Å². The van der Waals surface area contributed by atoms with E-state index in [2.05, 4.69) is 20.7 Å². The predicted octanol–water partition coefficient (Wildman–Crippen LogP) is 4.48. The molecule has 3 aromatic heterocycles. The number of hydrogen-bond donors (Lipinski definition) is 2. The highest BCUT2D eigenvalue weighted by molar-refractivity contribution is 6.13. The van der Waals surface area contributed by atoms with E-state index in [0.717, 1.165) is 5.56 Å². The van der Waals surface area contributed by atoms with Crippen LogP contribution in [0.5, 0.6) is 0 Å². The lowest BCUT2D eigenvalue weighted by molar-refractivity contribution is 0.0948. The summed E-state index contributed by atoms with van der Waals surface area (Å²) in [4.78, 5) is 30.4. The number of anilines is 1. The van der Waals surface area contributed by atoms with Crippen LogP contribution in [0.25, 0.3) is 22.5 Å². The summed E-state index contributed by atoms with van der Waals surface area (Å²) < 4.78 is 7.15. The Kier molecular flexibility index (Phi) is 6.00. The molecule has 0 radical (unpaired) electrons. The van der Waals surface area contributed by atoms with E-state index >= 15 is 0 Å². The number of nitrogens with zero attached hydrogens (tertiary/aromatic N) is 3. The number of carbonyl (C=O) groups is 2. The first-order chi connectivity index (χ1) is 15.7. The molecule has 8 heteroatoms. The zero-order valence-electron chi connectivity index (χ0n) is 19.4. The summed E-state index contributed by atoms with van der Waals surface area (Å²) in [6, 6.07) is 10.5. The largest absolute Gasteiger partial charge is 0.463 e. The fourth-order valence-corrected chi connectivity index (χ4v) is 3.71. The number of furan rings is 1. The number of hydrogen-bond acceptors (Lipinski definition) is 5. The number of fused-ring (bicyclic) bond motifs is 1. The fraction of sp³-hybridized carbons (Fsp3) is 0.280. The molecule has 4 rings (SSSR count). The lowest BCUT2D eigenvalue weighted by atomic mass is 10.1. The first kappa shape index (κ1) is 22.3. The monoisotopic (exact) mass is 445 g/mol. The molecule has 0 bridgehead atoms. The van der Waals surface area contributed by atoms with Crippen LogP contribution in [-0.2, 0) is 7.05 Å². The maximum atomic E-state index is 13.4. The van der Waals surface area contributed by atoms with E-state index in [1.54, 1.807) is 54.4 Å². The van der Waals surface area contributed by atoms with Crippen molar-refractivity contribution in [3.63, 3.8) is 0 Å². The summed E-state index contributed by atoms with van der Waals surface area (Å²) >= 11 is 0. The lowest BCUT2D eigenvalue weighted by Gasteiger charge is -2.12. The molecule has 0 saturated carbocycles. The van der Waals surface area contributed by atoms with E-state index in [9.17, 15) is 9.59 Å². The molecule has 3 heterocycles. The summed E-state index contributed by atoms with van der Waals surface area (Å²) in [5, 5.41) is 11.0. The van der Waals surface area contributed by atoms with Gasteiger partial charge in [0.1, 0.15) is 5.69 Å². The number of carbonyl (C=O) groups excluding carboxylic acids is 2. The Balaban J connectivity index is 1.66. The molecule has 8 nitrogen and oxygen atoms in total. The van der Waals surface area contributed by atoms with Crippen LogP contribution in [0, 0.1) is 19.8 Å². The molecule has 0 spiro atoms. The van der Waals surface area contributed by atoms with E-state index in [0.29, 0.717) is 57.5 Å². The lowest BCUT2D eigenvalue weighted by Crippen LogP contribution is -2.27. The molecular weight excluding hydrogens is 418 g/mol. The number of pyridine rings is 1. The van der Waals surface area contributed by atoms with Crippen LogP contribution in [-0.4, -0.2) is 33.1 Å². The third kappa shape index (κ3) is 4.50. The summed E-state index contributed by atoms with van der Waals surface area (Å²) in [5.74, 6) is 0.520. The Hall–Kier alpha value is -3.94. The Morgan fingerprint density at radius 3 is 2.58 bits per heavy atom. The maximum Gasteiger partial charge on any atom is 0.256 e. The van der Waals surface area contributed by atoms with Gasteiger partial charge in [0.15, 0.2) is 11.4 Å². The van der Waals surface area contributed by atoms with Gasteiger partial charge >= 0.3 is 0 Å². The Labute approximate surface area is 192 Å². The van der Waals surface area contributed by atoms with Crippen molar-refractivity contribution in [2.24, 2.45) is 13.0 Å². The smallest absolute Gasteiger partial charge is 0.256 e. The second-order valence-corrected chi connectivity index (χ2v) is 8.53. The molecule has 0 unspecified atom stereocenters. The van der Waals surface area contributed by atoms with Crippen LogP contribution in [0.2, 0.25) is 0 Å². The molecular formula is C25H27N5O3. The SMILES string of the molecule is Cc1cc(C(=O)NCC(C)C)ccc1NC(=O)c1cc(-c2ccco2)nc2c1c(C)nn2C. The van der Waals surface area contributed by atoms with Gasteiger partial charge < -0.3 is 15.1 Å². The minimum atomic E-state index is -0.286. The Morgan fingerprint density at radius 1 is 1.12 bits per heavy atom. The predicted molar refractivity (Wildman–Crippen MR) is 127 cm³/mol. The van der Waals surface area contributed by atoms with Crippen molar-refractivity contribution < 1.29 is 14.0 Å². The average Bonchev–Trinajstić information content (AvgIpc) is 3.41. The van der Waals surface area contributed by atoms with Crippen molar-refractivity contribution in [2.75, 3.05) is 11.9 Å². The summed E-state index contributed by atoms with van der Waals surface area (Å²) in [6.45, 7) is 8.41. The second kappa shape index (κ2) is 8.90. The van der Waals surface area contributed by atoms with E-state index in [-0.39, 0.29) is 11.8 Å². The number of aryl methyl sites for hydroxylation is 3. The number of aromatic nitrogens is 3. The molecule has 170 valence electrons. The molecule has 33 heavy (non-hydrogen) atoms. The van der Waals surface area contributed by atoms with Crippen LogP contribution >= 0.6 is 0 Å². The molecule has 0 fully saturated rings. The average molecular weight is 446 g/mol. The molecule has 1 aromatic carbocycles. The molecule has 0 atom stereocenters. The standard InChI is InChI=1S/C25H27N5O3/c1-14(2)13-26-24(31)17-8-9-19(15(3)11-17)28-25(32)18-12-20(21-7-6-10-33-21)27-23-22(18)16(4)29-30(23)5/h6-12,14H,13H2,1-5H3,(H,26,31)(H,28,32). The van der Waals surface area contributed by atoms with Gasteiger partial charge in [0.2, 0.25) is 0 Å². The molecule has 0 aliphatic heterocycles. The third-order valence-electron chi connectivity index (χ3n) is 5.39. The number of rotatable bonds is 6. The van der Waals surface area contributed by atoms with Gasteiger partial charge in [-0.15, -0.1) is 0 Å². The van der Waals surface area contributed by atoms with Crippen molar-refractivity contribution in [1.82, 2.24) is 20.1 Å². The highest BCUT2D eigenvalue weighted by Gasteiger charge is 2.21. The molecule has 0 aliphatic rings. The van der Waals surface area contributed by atoms with Crippen molar-refractivity contribution in [1.29, 1.82) is 0 Å². The van der Waals surface area contributed by atoms with Crippen molar-refractivity contribution in [3.8, 4) is 11.5 Å². The second-order valence-electron chi connectivity index (χ2n) is 8.53. The van der Waals surface area contributed by atoms with Gasteiger partial charge in [-0.25, -0.2) is 4.98 Å². The van der Waals surface area contributed by atoms with Crippen LogP contribution in [0.1, 0.15) is 45.8 Å². The zero-order chi connectivity index (χ0) is 23.7. The van der Waals surface area contributed by atoms with Crippen molar-refractivity contribution in [2.45, 2.75) is 27.7 Å². The molecule has 2 N–H and O–H groups in total. The highest BCUT2D eigenvalue weighted by Crippen LogP contribution is 2.28. The van der Waals surface area contributed by atoms with Crippen molar-refractivity contribution >= 4 is 28.5 Å². The van der Waals surface area contributed by atoms with Gasteiger partial charge in [-0.2, -0.15) is 5.10 Å². The van der Waals surface area contributed by atoms with E-state index < -0.39 is 0 Å². The minimum absolute atomic E-state index is 0.130. The summed E-state index contributed by atoms with van der Waals surface area (Å²) in [5.41, 5.74) is 4.29. The summed E-state index contributed by atoms with van der Waals surface area (Å²) in [7, 11) is 1.79. The molecule has 0 aliphatic carbocycles. The highest BCUT2D eigenvalue weighted by atomic mass is 16.3. The Bertz CT molecular complexity index is 1340. The van der Waals surface area contributed by atoms with Gasteiger partial charge in [0.05, 0.1) is 22.9 Å². The maximum absolute atomic E-state index is 13.4. The van der Waals surface area contributed by atoms with Crippen LogP contribution in [0.4, 0.5) is 5.69 Å². The van der Waals surface area contributed by atoms with Crippen LogP contribution < -0.4 is 10.6 Å². The van der Waals surface area contributed by atoms with Crippen LogP contribution in [0.15, 0.2) is 47.1 Å². The zero-order valence-corrected chi connectivity index (χ0v) is 19.4. The fourth-order valence-electron chi connectivity index (χ4n) is 3.71. The quantitative estimate of drug-likeness (QED) is 0.455. The number of amides is 2. The van der Waals surface area contributed by atoms with Crippen LogP contribution in [0.3, 0.4) is 0 Å². The first-order valence-corrected chi connectivity index (χ1v) is 10.8. The van der Waals surface area contributed by atoms with Gasteiger partial charge in [0.25, 0.3) is 11.8 Å². The number of nitrogens with one attached hydrogen (secondary N) is 2. The normalized spacial score (nSPS) is 11.2. The molecule has 4 aromatic rings. The molecule has 0 saturated heterocycles. The Morgan fingerprint density at radius 2 is 1.91 bits per heavy atom. The van der Waals surface area contributed by atoms with Gasteiger partial charge in [-0.1, -0.05) is 13.8 Å². The first-order valence-electron chi connectivity index (χ1n) is 10.8. The third-order valence-corrected chi connectivity index (χ3v) is 5.39. The van der Waals surface area contributed by atoms with E-state index in [4.69, 9.17) is 4.42 Å². The molecule has 2 amide bonds. The van der Waals surface area contributed by atoms with Gasteiger partial charge in [-0.05, 0) is 61.7 Å².